The number of hydrogen-bond acceptors (Lipinski definition) is 1. The number of benzene rings is 5. The monoisotopic (exact) mass is 514 g/mol. The van der Waals surface area contributed by atoms with Crippen LogP contribution in [0.2, 0.25) is 0 Å². The van der Waals surface area contributed by atoms with Gasteiger partial charge >= 0.3 is 0 Å². The van der Waals surface area contributed by atoms with E-state index in [4.69, 9.17) is 0 Å². The number of nitrogens with zero attached hydrogens (tertiary/aromatic N) is 2. The van der Waals surface area contributed by atoms with Crippen LogP contribution in [0.25, 0.3) is 44.7 Å². The number of hydrogen-bond donors (Lipinski definition) is 0. The lowest BCUT2D eigenvalue weighted by molar-refractivity contribution is 1.07. The molecule has 5 aromatic carbocycles. The third kappa shape index (κ3) is 4.24. The molecule has 0 N–H and O–H groups in total. The minimum Gasteiger partial charge on any atom is -0.337 e. The third-order valence-electron chi connectivity index (χ3n) is 7.86. The zero-order valence-corrected chi connectivity index (χ0v) is 22.4. The lowest BCUT2D eigenvalue weighted by Gasteiger charge is -2.26. The first-order chi connectivity index (χ1) is 19.8. The summed E-state index contributed by atoms with van der Waals surface area (Å²) >= 11 is 0. The molecule has 0 fully saturated rings. The van der Waals surface area contributed by atoms with Crippen molar-refractivity contribution in [1.29, 1.82) is 0 Å². The highest BCUT2D eigenvalue weighted by molar-refractivity contribution is 6.09. The topological polar surface area (TPSA) is 8.17 Å². The van der Waals surface area contributed by atoms with Crippen molar-refractivity contribution in [3.8, 4) is 16.8 Å². The van der Waals surface area contributed by atoms with Gasteiger partial charge in [-0.1, -0.05) is 104 Å². The summed E-state index contributed by atoms with van der Waals surface area (Å²) in [5.74, 6) is 0. The largest absolute Gasteiger partial charge is 0.337 e. The number of rotatable bonds is 4. The van der Waals surface area contributed by atoms with Crippen LogP contribution in [0.3, 0.4) is 0 Å². The van der Waals surface area contributed by atoms with Crippen molar-refractivity contribution < 1.29 is 0 Å². The van der Waals surface area contributed by atoms with Gasteiger partial charge in [0.1, 0.15) is 0 Å². The van der Waals surface area contributed by atoms with Crippen LogP contribution in [-0.4, -0.2) is 11.1 Å². The first-order valence-electron chi connectivity index (χ1n) is 13.8. The molecule has 40 heavy (non-hydrogen) atoms. The first-order valence-corrected chi connectivity index (χ1v) is 13.8. The summed E-state index contributed by atoms with van der Waals surface area (Å²) in [4.78, 5) is 2.39. The van der Waals surface area contributed by atoms with E-state index in [9.17, 15) is 0 Å². The summed E-state index contributed by atoms with van der Waals surface area (Å²) in [6, 6.07) is 41.8. The van der Waals surface area contributed by atoms with E-state index >= 15 is 0 Å². The van der Waals surface area contributed by atoms with Crippen molar-refractivity contribution >= 4 is 39.3 Å². The molecular weight excluding hydrogens is 484 g/mol. The molecule has 192 valence electrons. The fourth-order valence-electron chi connectivity index (χ4n) is 5.84. The Balaban J connectivity index is 1.22. The molecule has 0 radical (unpaired) electrons. The van der Waals surface area contributed by atoms with Crippen molar-refractivity contribution in [3.05, 3.63) is 157 Å². The molecule has 2 heteroatoms. The average Bonchev–Trinajstić information content (AvgIpc) is 3.39. The first kappa shape index (κ1) is 24.0. The molecule has 0 aliphatic carbocycles. The van der Waals surface area contributed by atoms with E-state index in [2.05, 4.69) is 156 Å². The second kappa shape index (κ2) is 10.2. The fourth-order valence-corrected chi connectivity index (χ4v) is 5.84. The van der Waals surface area contributed by atoms with E-state index in [0.29, 0.717) is 0 Å². The van der Waals surface area contributed by atoms with Gasteiger partial charge in [0.15, 0.2) is 0 Å². The standard InChI is InChI=1S/C38H30N2/c1-2-28-16-25-38-35(27-28)34-13-7-9-15-37(34)40(38)33-23-19-30(20-24-33)29-17-21-32(22-18-29)39-26-10-4-3-5-11-31-12-6-8-14-36(31)39/h2-10,12-25,27H,1,11,26H2/b5-3-,10-4-. The molecule has 0 saturated carbocycles. The number of fused-ring (bicyclic) bond motifs is 4. The van der Waals surface area contributed by atoms with Gasteiger partial charge in [0, 0.05) is 34.4 Å². The molecule has 0 unspecified atom stereocenters. The summed E-state index contributed by atoms with van der Waals surface area (Å²) in [6.07, 6.45) is 11.6. The summed E-state index contributed by atoms with van der Waals surface area (Å²) in [6.45, 7) is 4.80. The van der Waals surface area contributed by atoms with Gasteiger partial charge in [-0.3, -0.25) is 0 Å². The van der Waals surface area contributed by atoms with Gasteiger partial charge in [0.05, 0.1) is 11.0 Å². The summed E-state index contributed by atoms with van der Waals surface area (Å²) in [5.41, 5.74) is 10.9. The van der Waals surface area contributed by atoms with Gasteiger partial charge in [-0.25, -0.2) is 0 Å². The molecule has 0 saturated heterocycles. The summed E-state index contributed by atoms with van der Waals surface area (Å²) in [5, 5.41) is 2.51. The molecule has 7 rings (SSSR count). The van der Waals surface area contributed by atoms with Crippen LogP contribution < -0.4 is 4.90 Å². The normalized spacial score (nSPS) is 14.8. The van der Waals surface area contributed by atoms with Crippen molar-refractivity contribution in [2.75, 3.05) is 11.4 Å². The molecular formula is C38H30N2. The molecule has 1 aliphatic heterocycles. The van der Waals surface area contributed by atoms with Crippen LogP contribution in [-0.2, 0) is 6.42 Å². The van der Waals surface area contributed by atoms with Crippen LogP contribution in [0.4, 0.5) is 11.4 Å². The van der Waals surface area contributed by atoms with Crippen molar-refractivity contribution in [3.63, 3.8) is 0 Å². The highest BCUT2D eigenvalue weighted by Crippen LogP contribution is 2.35. The van der Waals surface area contributed by atoms with E-state index in [1.165, 1.54) is 49.9 Å². The molecule has 2 heterocycles. The molecule has 0 spiro atoms. The van der Waals surface area contributed by atoms with Crippen molar-refractivity contribution in [1.82, 2.24) is 4.57 Å². The van der Waals surface area contributed by atoms with Crippen LogP contribution in [0.1, 0.15) is 11.1 Å². The predicted molar refractivity (Wildman–Crippen MR) is 172 cm³/mol. The maximum atomic E-state index is 3.96. The van der Waals surface area contributed by atoms with E-state index in [1.807, 2.05) is 6.08 Å². The van der Waals surface area contributed by atoms with Gasteiger partial charge in [-0.05, 0) is 77.2 Å². The Kier molecular flexibility index (Phi) is 6.14. The zero-order chi connectivity index (χ0) is 26.9. The molecule has 1 aliphatic rings. The maximum Gasteiger partial charge on any atom is 0.0541 e. The van der Waals surface area contributed by atoms with Crippen LogP contribution in [0, 0.1) is 0 Å². The predicted octanol–water partition coefficient (Wildman–Crippen LogP) is 9.90. The highest BCUT2D eigenvalue weighted by Gasteiger charge is 2.14. The molecule has 2 nitrogen and oxygen atoms in total. The van der Waals surface area contributed by atoms with Crippen molar-refractivity contribution in [2.45, 2.75) is 6.42 Å². The summed E-state index contributed by atoms with van der Waals surface area (Å²) in [7, 11) is 0. The second-order valence-corrected chi connectivity index (χ2v) is 10.2. The zero-order valence-electron chi connectivity index (χ0n) is 22.4. The van der Waals surface area contributed by atoms with Gasteiger partial charge < -0.3 is 9.47 Å². The van der Waals surface area contributed by atoms with E-state index in [0.717, 1.165) is 24.2 Å². The van der Waals surface area contributed by atoms with Crippen LogP contribution in [0.5, 0.6) is 0 Å². The molecule has 0 amide bonds. The van der Waals surface area contributed by atoms with Gasteiger partial charge in [0.2, 0.25) is 0 Å². The Bertz CT molecular complexity index is 1900. The number of allylic oxidation sites excluding steroid dienone is 3. The molecule has 0 atom stereocenters. The highest BCUT2D eigenvalue weighted by atomic mass is 15.1. The Hall–Kier alpha value is -5.08. The van der Waals surface area contributed by atoms with E-state index in [-0.39, 0.29) is 0 Å². The minimum atomic E-state index is 0.836. The molecule has 0 bridgehead atoms. The SMILES string of the molecule is C=Cc1ccc2c(c1)c1ccccc1n2-c1ccc(-c2ccc(N3C/C=C\C=C/Cc4ccccc43)cc2)cc1. The fraction of sp³-hybridized carbons (Fsp3) is 0.0526. The number of aromatic nitrogens is 1. The van der Waals surface area contributed by atoms with E-state index in [1.54, 1.807) is 0 Å². The Morgan fingerprint density at radius 1 is 0.600 bits per heavy atom. The third-order valence-corrected chi connectivity index (χ3v) is 7.86. The van der Waals surface area contributed by atoms with Gasteiger partial charge in [-0.2, -0.15) is 0 Å². The lowest BCUT2D eigenvalue weighted by atomic mass is 10.0. The van der Waals surface area contributed by atoms with Crippen molar-refractivity contribution in [2.24, 2.45) is 0 Å². The number of para-hydroxylation sites is 2. The molecule has 1 aromatic heterocycles. The minimum absolute atomic E-state index is 0.836. The number of anilines is 2. The lowest BCUT2D eigenvalue weighted by Crippen LogP contribution is -2.18. The Morgan fingerprint density at radius 2 is 1.27 bits per heavy atom. The Labute approximate surface area is 235 Å². The van der Waals surface area contributed by atoms with E-state index < -0.39 is 0 Å². The average molecular weight is 515 g/mol. The maximum absolute atomic E-state index is 3.96. The van der Waals surface area contributed by atoms with Crippen LogP contribution >= 0.6 is 0 Å². The quantitative estimate of drug-likeness (QED) is 0.227. The Morgan fingerprint density at radius 3 is 2.08 bits per heavy atom. The second-order valence-electron chi connectivity index (χ2n) is 10.2. The van der Waals surface area contributed by atoms with Gasteiger partial charge in [-0.15, -0.1) is 0 Å². The molecule has 6 aromatic rings. The summed E-state index contributed by atoms with van der Waals surface area (Å²) < 4.78 is 2.36. The van der Waals surface area contributed by atoms with Crippen LogP contribution in [0.15, 0.2) is 146 Å². The van der Waals surface area contributed by atoms with Gasteiger partial charge in [0.25, 0.3) is 0 Å². The smallest absolute Gasteiger partial charge is 0.0541 e.